The molecule has 5 nitrogen and oxygen atoms in total. The van der Waals surface area contributed by atoms with Crippen LogP contribution >= 0.6 is 0 Å². The molecule has 0 radical (unpaired) electrons. The van der Waals surface area contributed by atoms with Crippen molar-refractivity contribution in [1.82, 2.24) is 4.72 Å². The van der Waals surface area contributed by atoms with Crippen molar-refractivity contribution in [2.75, 3.05) is 18.1 Å². The van der Waals surface area contributed by atoms with Gasteiger partial charge in [0.05, 0.1) is 16.3 Å². The highest BCUT2D eigenvalue weighted by Gasteiger charge is 2.15. The maximum Gasteiger partial charge on any atom is 0.240 e. The number of sulfonamides is 1. The molecule has 0 saturated carbocycles. The maximum absolute atomic E-state index is 11.7. The number of anilines is 2. The lowest BCUT2D eigenvalue weighted by Crippen LogP contribution is -2.22. The second kappa shape index (κ2) is 5.63. The summed E-state index contributed by atoms with van der Waals surface area (Å²) in [5, 5.41) is 3.35. The molecule has 0 fully saturated rings. The first-order valence-corrected chi connectivity index (χ1v) is 7.76. The van der Waals surface area contributed by atoms with Gasteiger partial charge in [0.15, 0.2) is 0 Å². The van der Waals surface area contributed by atoms with Crippen LogP contribution in [-0.4, -0.2) is 21.5 Å². The molecule has 19 heavy (non-hydrogen) atoms. The molecule has 2 rings (SSSR count). The van der Waals surface area contributed by atoms with Gasteiger partial charge >= 0.3 is 0 Å². The molecule has 0 spiro atoms. The Balaban J connectivity index is 2.18. The van der Waals surface area contributed by atoms with Gasteiger partial charge in [-0.3, -0.25) is 0 Å². The van der Waals surface area contributed by atoms with E-state index in [1.165, 1.54) is 13.1 Å². The summed E-state index contributed by atoms with van der Waals surface area (Å²) in [4.78, 5) is 0.182. The summed E-state index contributed by atoms with van der Waals surface area (Å²) >= 11 is 0. The van der Waals surface area contributed by atoms with E-state index in [1.807, 2.05) is 0 Å². The highest BCUT2D eigenvalue weighted by Crippen LogP contribution is 2.25. The lowest BCUT2D eigenvalue weighted by atomic mass is 10.0. The quantitative estimate of drug-likeness (QED) is 0.579. The summed E-state index contributed by atoms with van der Waals surface area (Å²) in [6.07, 6.45) is 7.41. The number of nitrogens with one attached hydrogen (secondary N) is 2. The molecule has 4 N–H and O–H groups in total. The lowest BCUT2D eigenvalue weighted by Gasteiger charge is -2.21. The molecule has 0 heterocycles. The van der Waals surface area contributed by atoms with Crippen LogP contribution in [0.4, 0.5) is 11.4 Å². The summed E-state index contributed by atoms with van der Waals surface area (Å²) in [7, 11) is -2.06. The van der Waals surface area contributed by atoms with E-state index in [1.54, 1.807) is 12.1 Å². The van der Waals surface area contributed by atoms with Gasteiger partial charge < -0.3 is 11.1 Å². The molecular formula is C13H19N3O2S. The van der Waals surface area contributed by atoms with E-state index >= 15 is 0 Å². The fourth-order valence-corrected chi connectivity index (χ4v) is 2.87. The van der Waals surface area contributed by atoms with Crippen LogP contribution in [0, 0.1) is 0 Å². The van der Waals surface area contributed by atoms with Gasteiger partial charge in [-0.15, -0.1) is 0 Å². The minimum absolute atomic E-state index is 0.182. The highest BCUT2D eigenvalue weighted by molar-refractivity contribution is 7.89. The van der Waals surface area contributed by atoms with Crippen molar-refractivity contribution in [1.29, 1.82) is 0 Å². The second-order valence-corrected chi connectivity index (χ2v) is 6.47. The van der Waals surface area contributed by atoms with Crippen molar-refractivity contribution in [2.45, 2.75) is 30.2 Å². The number of benzene rings is 1. The van der Waals surface area contributed by atoms with Crippen molar-refractivity contribution in [3.8, 4) is 0 Å². The largest absolute Gasteiger partial charge is 0.397 e. The summed E-state index contributed by atoms with van der Waals surface area (Å²) in [5.41, 5.74) is 7.15. The lowest BCUT2D eigenvalue weighted by molar-refractivity contribution is 0.588. The number of hydrogen-bond acceptors (Lipinski definition) is 4. The Kier molecular flexibility index (Phi) is 4.11. The zero-order valence-corrected chi connectivity index (χ0v) is 11.7. The predicted molar refractivity (Wildman–Crippen MR) is 77.5 cm³/mol. The Labute approximate surface area is 113 Å². The smallest absolute Gasteiger partial charge is 0.240 e. The normalized spacial score (nSPS) is 19.3. The molecule has 0 aromatic heterocycles. The minimum atomic E-state index is -3.44. The van der Waals surface area contributed by atoms with Gasteiger partial charge in [-0.1, -0.05) is 12.2 Å². The molecule has 1 aliphatic carbocycles. The van der Waals surface area contributed by atoms with E-state index in [0.717, 1.165) is 24.9 Å². The summed E-state index contributed by atoms with van der Waals surface area (Å²) in [5.74, 6) is 0. The van der Waals surface area contributed by atoms with E-state index in [4.69, 9.17) is 5.73 Å². The third-order valence-electron chi connectivity index (χ3n) is 3.23. The van der Waals surface area contributed by atoms with E-state index in [0.29, 0.717) is 11.7 Å². The summed E-state index contributed by atoms with van der Waals surface area (Å²) in [6, 6.07) is 5.12. The molecule has 1 aromatic carbocycles. The van der Waals surface area contributed by atoms with Crippen LogP contribution in [0.5, 0.6) is 0 Å². The fourth-order valence-electron chi connectivity index (χ4n) is 2.10. The van der Waals surface area contributed by atoms with Crippen molar-refractivity contribution in [3.63, 3.8) is 0 Å². The Bertz CT molecular complexity index is 582. The van der Waals surface area contributed by atoms with Gasteiger partial charge in [0.2, 0.25) is 10.0 Å². The average Bonchev–Trinajstić information content (AvgIpc) is 2.42. The van der Waals surface area contributed by atoms with Crippen LogP contribution < -0.4 is 15.8 Å². The van der Waals surface area contributed by atoms with Gasteiger partial charge in [0.1, 0.15) is 0 Å². The van der Waals surface area contributed by atoms with Crippen molar-refractivity contribution < 1.29 is 8.42 Å². The van der Waals surface area contributed by atoms with E-state index in [-0.39, 0.29) is 4.90 Å². The third-order valence-corrected chi connectivity index (χ3v) is 4.64. The Morgan fingerprint density at radius 3 is 2.68 bits per heavy atom. The van der Waals surface area contributed by atoms with Crippen LogP contribution in [0.25, 0.3) is 0 Å². The van der Waals surface area contributed by atoms with Crippen molar-refractivity contribution in [2.24, 2.45) is 0 Å². The average molecular weight is 281 g/mol. The molecule has 1 aromatic rings. The van der Waals surface area contributed by atoms with Crippen LogP contribution in [-0.2, 0) is 10.0 Å². The second-order valence-electron chi connectivity index (χ2n) is 4.58. The van der Waals surface area contributed by atoms with Crippen molar-refractivity contribution in [3.05, 3.63) is 30.4 Å². The zero-order chi connectivity index (χ0) is 13.9. The van der Waals surface area contributed by atoms with Gasteiger partial charge in [-0.2, -0.15) is 0 Å². The number of rotatable bonds is 4. The molecule has 0 aliphatic heterocycles. The number of nitrogens with two attached hydrogens (primary N) is 1. The van der Waals surface area contributed by atoms with E-state index in [9.17, 15) is 8.42 Å². The van der Waals surface area contributed by atoms with Crippen molar-refractivity contribution >= 4 is 21.4 Å². The topological polar surface area (TPSA) is 84.2 Å². The zero-order valence-electron chi connectivity index (χ0n) is 10.9. The van der Waals surface area contributed by atoms with Gasteiger partial charge in [0, 0.05) is 6.04 Å². The molecule has 0 amide bonds. The SMILES string of the molecule is CNS(=O)(=O)c1ccc(NC2CC=CCC2)c(N)c1. The molecule has 1 atom stereocenters. The minimum Gasteiger partial charge on any atom is -0.397 e. The first kappa shape index (κ1) is 13.9. The van der Waals surface area contributed by atoms with Crippen LogP contribution in [0.3, 0.4) is 0 Å². The Morgan fingerprint density at radius 2 is 2.11 bits per heavy atom. The molecule has 6 heteroatoms. The first-order chi connectivity index (χ1) is 9.03. The molecular weight excluding hydrogens is 262 g/mol. The van der Waals surface area contributed by atoms with E-state index in [2.05, 4.69) is 22.2 Å². The maximum atomic E-state index is 11.7. The number of allylic oxidation sites excluding steroid dienone is 1. The van der Waals surface area contributed by atoms with Crippen LogP contribution in [0.15, 0.2) is 35.2 Å². The molecule has 104 valence electrons. The summed E-state index contributed by atoms with van der Waals surface area (Å²) in [6.45, 7) is 0. The third kappa shape index (κ3) is 3.27. The van der Waals surface area contributed by atoms with Crippen LogP contribution in [0.2, 0.25) is 0 Å². The summed E-state index contributed by atoms with van der Waals surface area (Å²) < 4.78 is 25.6. The van der Waals surface area contributed by atoms with E-state index < -0.39 is 10.0 Å². The predicted octanol–water partition coefficient (Wildman–Crippen LogP) is 1.70. The monoisotopic (exact) mass is 281 g/mol. The number of hydrogen-bond donors (Lipinski definition) is 3. The van der Waals surface area contributed by atoms with Gasteiger partial charge in [0.25, 0.3) is 0 Å². The first-order valence-electron chi connectivity index (χ1n) is 6.27. The van der Waals surface area contributed by atoms with Gasteiger partial charge in [-0.25, -0.2) is 13.1 Å². The van der Waals surface area contributed by atoms with Gasteiger partial charge in [-0.05, 0) is 44.5 Å². The number of nitrogen functional groups attached to an aromatic ring is 1. The molecule has 1 unspecified atom stereocenters. The fraction of sp³-hybridized carbons (Fsp3) is 0.385. The molecule has 1 aliphatic rings. The highest BCUT2D eigenvalue weighted by atomic mass is 32.2. The Morgan fingerprint density at radius 1 is 1.32 bits per heavy atom. The molecule has 0 saturated heterocycles. The molecule has 0 bridgehead atoms. The standard InChI is InChI=1S/C13H19N3O2S/c1-15-19(17,18)11-7-8-13(12(14)9-11)16-10-5-3-2-4-6-10/h2-3,7-10,15-16H,4-6,14H2,1H3. The Hall–Kier alpha value is -1.53. The van der Waals surface area contributed by atoms with Crippen LogP contribution in [0.1, 0.15) is 19.3 Å².